The fraction of sp³-hybridized carbons (Fsp3) is 0.500. The zero-order valence-corrected chi connectivity index (χ0v) is 14.2. The van der Waals surface area contributed by atoms with Crippen LogP contribution in [0.2, 0.25) is 0 Å². The van der Waals surface area contributed by atoms with E-state index in [0.717, 1.165) is 19.4 Å². The minimum Gasteiger partial charge on any atom is -0.337 e. The third-order valence-corrected chi connectivity index (χ3v) is 4.86. The molecule has 2 aliphatic rings. The normalized spacial score (nSPS) is 23.6. The van der Waals surface area contributed by atoms with Crippen molar-refractivity contribution in [3.63, 3.8) is 0 Å². The monoisotopic (exact) mass is 389 g/mol. The molecule has 1 aromatic carbocycles. The molecule has 2 bridgehead atoms. The van der Waals surface area contributed by atoms with Crippen LogP contribution in [0.3, 0.4) is 0 Å². The van der Waals surface area contributed by atoms with Crippen LogP contribution in [0, 0.1) is 10.1 Å². The molecule has 120 valence electrons. The van der Waals surface area contributed by atoms with Gasteiger partial charge in [0.05, 0.1) is 10.5 Å². The quantitative estimate of drug-likeness (QED) is 0.622. The highest BCUT2D eigenvalue weighted by molar-refractivity contribution is 9.10. The summed E-state index contributed by atoms with van der Waals surface area (Å²) in [6.07, 6.45) is 3.26. The maximum atomic E-state index is 12.6. The molecule has 2 heterocycles. The van der Waals surface area contributed by atoms with Crippen molar-refractivity contribution in [1.29, 1.82) is 0 Å². The number of amides is 1. The fourth-order valence-corrected chi connectivity index (χ4v) is 3.63. The van der Waals surface area contributed by atoms with Crippen LogP contribution in [0.1, 0.15) is 29.6 Å². The predicted molar refractivity (Wildman–Crippen MR) is 88.5 cm³/mol. The number of carbonyl (C=O) groups excluding carboxylic acids is 1. The van der Waals surface area contributed by atoms with Crippen molar-refractivity contribution < 1.29 is 9.72 Å². The van der Waals surface area contributed by atoms with Gasteiger partial charge < -0.3 is 10.2 Å². The molecule has 2 saturated heterocycles. The Hall–Kier alpha value is -1.18. The van der Waals surface area contributed by atoms with Crippen LogP contribution in [0.4, 0.5) is 5.69 Å². The molecule has 0 spiro atoms. The highest BCUT2D eigenvalue weighted by Gasteiger charge is 2.32. The molecular weight excluding hydrogens is 374 g/mol. The second kappa shape index (κ2) is 6.93. The molecule has 1 aromatic rings. The lowest BCUT2D eigenvalue weighted by molar-refractivity contribution is -0.384. The summed E-state index contributed by atoms with van der Waals surface area (Å²) in [6, 6.07) is 5.18. The van der Waals surface area contributed by atoms with E-state index in [1.807, 2.05) is 4.90 Å². The third kappa shape index (κ3) is 3.42. The molecule has 0 aromatic heterocycles. The Labute approximate surface area is 142 Å². The zero-order valence-electron chi connectivity index (χ0n) is 11.8. The smallest absolute Gasteiger partial charge is 0.270 e. The molecule has 2 unspecified atom stereocenters. The standard InChI is InChI=1S/C14H16BrN3O3.ClH/c15-13-7-11(18(20)21)3-4-12(13)14(19)17-6-5-9-1-2-10(8-17)16-9;/h3-4,7,9-10,16H,1-2,5-6,8H2;1H. The molecule has 1 N–H and O–H groups in total. The lowest BCUT2D eigenvalue weighted by atomic mass is 10.1. The van der Waals surface area contributed by atoms with Gasteiger partial charge in [-0.2, -0.15) is 0 Å². The van der Waals surface area contributed by atoms with E-state index in [0.29, 0.717) is 28.7 Å². The lowest BCUT2D eigenvalue weighted by Crippen LogP contribution is -2.39. The second-order valence-corrected chi connectivity index (χ2v) is 6.45. The number of hydrogen-bond acceptors (Lipinski definition) is 4. The zero-order chi connectivity index (χ0) is 15.0. The van der Waals surface area contributed by atoms with E-state index in [2.05, 4.69) is 21.2 Å². The number of likely N-dealkylation sites (tertiary alicyclic amines) is 1. The summed E-state index contributed by atoms with van der Waals surface area (Å²) in [6.45, 7) is 1.44. The molecule has 3 rings (SSSR count). The Morgan fingerprint density at radius 2 is 2.05 bits per heavy atom. The van der Waals surface area contributed by atoms with Crippen LogP contribution < -0.4 is 5.32 Å². The van der Waals surface area contributed by atoms with Gasteiger partial charge in [0.15, 0.2) is 0 Å². The van der Waals surface area contributed by atoms with E-state index < -0.39 is 4.92 Å². The van der Waals surface area contributed by atoms with Gasteiger partial charge in [-0.15, -0.1) is 12.4 Å². The van der Waals surface area contributed by atoms with E-state index in [4.69, 9.17) is 0 Å². The van der Waals surface area contributed by atoms with Gasteiger partial charge in [-0.25, -0.2) is 0 Å². The molecule has 8 heteroatoms. The summed E-state index contributed by atoms with van der Waals surface area (Å²) in [4.78, 5) is 24.8. The van der Waals surface area contributed by atoms with Crippen molar-refractivity contribution >= 4 is 39.9 Å². The molecule has 1 amide bonds. The van der Waals surface area contributed by atoms with E-state index in [1.165, 1.54) is 24.6 Å². The van der Waals surface area contributed by atoms with Crippen molar-refractivity contribution in [3.8, 4) is 0 Å². The Bertz CT molecular complexity index is 599. The van der Waals surface area contributed by atoms with Gasteiger partial charge in [0, 0.05) is 41.8 Å². The number of nitrogens with zero attached hydrogens (tertiary/aromatic N) is 2. The molecule has 2 atom stereocenters. The number of hydrogen-bond donors (Lipinski definition) is 1. The van der Waals surface area contributed by atoms with Crippen LogP contribution in [0.15, 0.2) is 22.7 Å². The molecule has 0 saturated carbocycles. The lowest BCUT2D eigenvalue weighted by Gasteiger charge is -2.24. The van der Waals surface area contributed by atoms with Gasteiger partial charge in [-0.3, -0.25) is 14.9 Å². The van der Waals surface area contributed by atoms with E-state index in [1.54, 1.807) is 0 Å². The van der Waals surface area contributed by atoms with E-state index in [-0.39, 0.29) is 24.0 Å². The van der Waals surface area contributed by atoms with Crippen molar-refractivity contribution in [2.45, 2.75) is 31.3 Å². The predicted octanol–water partition coefficient (Wildman–Crippen LogP) is 2.75. The van der Waals surface area contributed by atoms with Crippen molar-refractivity contribution in [2.75, 3.05) is 13.1 Å². The minimum atomic E-state index is -0.464. The molecule has 0 radical (unpaired) electrons. The Balaban J connectivity index is 0.00000176. The summed E-state index contributed by atoms with van der Waals surface area (Å²) in [5.41, 5.74) is 0.466. The average molecular weight is 391 g/mol. The van der Waals surface area contributed by atoms with Crippen LogP contribution >= 0.6 is 28.3 Å². The summed E-state index contributed by atoms with van der Waals surface area (Å²) in [7, 11) is 0. The van der Waals surface area contributed by atoms with Crippen molar-refractivity contribution in [1.82, 2.24) is 10.2 Å². The first kappa shape index (κ1) is 17.2. The van der Waals surface area contributed by atoms with Gasteiger partial charge in [0.25, 0.3) is 11.6 Å². The summed E-state index contributed by atoms with van der Waals surface area (Å²) < 4.78 is 0.476. The first-order valence-electron chi connectivity index (χ1n) is 7.04. The van der Waals surface area contributed by atoms with Gasteiger partial charge in [0.1, 0.15) is 0 Å². The summed E-state index contributed by atoms with van der Waals surface area (Å²) in [5.74, 6) is -0.0638. The number of carbonyl (C=O) groups is 1. The van der Waals surface area contributed by atoms with E-state index in [9.17, 15) is 14.9 Å². The number of nitro benzene ring substituents is 1. The Kier molecular flexibility index (Phi) is 5.41. The van der Waals surface area contributed by atoms with Crippen molar-refractivity contribution in [3.05, 3.63) is 38.3 Å². The maximum absolute atomic E-state index is 12.6. The van der Waals surface area contributed by atoms with Crippen molar-refractivity contribution in [2.24, 2.45) is 0 Å². The number of nitro groups is 1. The van der Waals surface area contributed by atoms with Gasteiger partial charge >= 0.3 is 0 Å². The Morgan fingerprint density at radius 1 is 1.32 bits per heavy atom. The molecule has 0 aliphatic carbocycles. The van der Waals surface area contributed by atoms with E-state index >= 15 is 0 Å². The molecule has 2 fully saturated rings. The topological polar surface area (TPSA) is 75.5 Å². The Morgan fingerprint density at radius 3 is 2.73 bits per heavy atom. The second-order valence-electron chi connectivity index (χ2n) is 5.60. The summed E-state index contributed by atoms with van der Waals surface area (Å²) in [5, 5.41) is 14.3. The van der Waals surface area contributed by atoms with Gasteiger partial charge in [0.2, 0.25) is 0 Å². The average Bonchev–Trinajstić information content (AvgIpc) is 2.77. The highest BCUT2D eigenvalue weighted by Crippen LogP contribution is 2.26. The first-order chi connectivity index (χ1) is 10.0. The minimum absolute atomic E-state index is 0. The number of rotatable bonds is 2. The third-order valence-electron chi connectivity index (χ3n) is 4.20. The maximum Gasteiger partial charge on any atom is 0.270 e. The van der Waals surface area contributed by atoms with Gasteiger partial charge in [-0.05, 0) is 41.3 Å². The highest BCUT2D eigenvalue weighted by atomic mass is 79.9. The molecule has 6 nitrogen and oxygen atoms in total. The van der Waals surface area contributed by atoms with Crippen LogP contribution in [0.5, 0.6) is 0 Å². The number of non-ortho nitro benzene ring substituents is 1. The molecule has 22 heavy (non-hydrogen) atoms. The first-order valence-corrected chi connectivity index (χ1v) is 7.83. The fourth-order valence-electron chi connectivity index (χ4n) is 3.09. The molecule has 2 aliphatic heterocycles. The number of fused-ring (bicyclic) bond motifs is 2. The van der Waals surface area contributed by atoms with Crippen LogP contribution in [-0.2, 0) is 0 Å². The number of nitrogens with one attached hydrogen (secondary N) is 1. The molecular formula is C14H17BrClN3O3. The van der Waals surface area contributed by atoms with Gasteiger partial charge in [-0.1, -0.05) is 0 Å². The number of halogens is 2. The number of benzene rings is 1. The SMILES string of the molecule is Cl.O=C(c1ccc([N+](=O)[O-])cc1Br)N1CCC2CCC(C1)N2. The van der Waals surface area contributed by atoms with Crippen LogP contribution in [-0.4, -0.2) is 40.9 Å². The van der Waals surface area contributed by atoms with Crippen LogP contribution in [0.25, 0.3) is 0 Å². The largest absolute Gasteiger partial charge is 0.337 e. The summed E-state index contributed by atoms with van der Waals surface area (Å²) >= 11 is 3.28.